The topological polar surface area (TPSA) is 102 Å². The Kier molecular flexibility index (Phi) is 5.29. The first-order valence-electron chi connectivity index (χ1n) is 5.52. The molecule has 0 aromatic heterocycles. The van der Waals surface area contributed by atoms with E-state index in [1.807, 2.05) is 4.72 Å². The fourth-order valence-electron chi connectivity index (χ4n) is 1.96. The van der Waals surface area contributed by atoms with E-state index in [2.05, 4.69) is 4.74 Å². The Morgan fingerprint density at radius 3 is 2.50 bits per heavy atom. The first-order valence-corrected chi connectivity index (χ1v) is 7.37. The number of rotatable bonds is 5. The SMILES string of the molecule is COC(=O)NS(=O)(=O)N(CC(N)=S)C1CCCC1. The van der Waals surface area contributed by atoms with Crippen molar-refractivity contribution in [2.75, 3.05) is 13.7 Å². The second-order valence-electron chi connectivity index (χ2n) is 4.05. The molecule has 1 fully saturated rings. The van der Waals surface area contributed by atoms with E-state index in [0.717, 1.165) is 37.1 Å². The van der Waals surface area contributed by atoms with Crippen LogP contribution >= 0.6 is 12.2 Å². The van der Waals surface area contributed by atoms with Crippen LogP contribution in [0.4, 0.5) is 4.79 Å². The molecular weight excluding hydrogens is 278 g/mol. The fourth-order valence-corrected chi connectivity index (χ4v) is 3.51. The van der Waals surface area contributed by atoms with Gasteiger partial charge in [-0.3, -0.25) is 0 Å². The van der Waals surface area contributed by atoms with E-state index in [9.17, 15) is 13.2 Å². The van der Waals surface area contributed by atoms with Gasteiger partial charge in [0, 0.05) is 6.04 Å². The van der Waals surface area contributed by atoms with Crippen molar-refractivity contribution in [2.45, 2.75) is 31.7 Å². The highest BCUT2D eigenvalue weighted by atomic mass is 32.2. The quantitative estimate of drug-likeness (QED) is 0.698. The van der Waals surface area contributed by atoms with Crippen LogP contribution in [0.5, 0.6) is 0 Å². The summed E-state index contributed by atoms with van der Waals surface area (Å²) in [6.45, 7) is -0.0771. The number of nitrogens with zero attached hydrogens (tertiary/aromatic N) is 1. The van der Waals surface area contributed by atoms with Gasteiger partial charge in [0.2, 0.25) is 0 Å². The summed E-state index contributed by atoms with van der Waals surface area (Å²) in [6, 6.07) is -0.173. The molecule has 0 unspecified atom stereocenters. The number of amides is 1. The lowest BCUT2D eigenvalue weighted by atomic mass is 10.2. The summed E-state index contributed by atoms with van der Waals surface area (Å²) in [4.78, 5) is 11.1. The minimum atomic E-state index is -3.97. The van der Waals surface area contributed by atoms with Crippen molar-refractivity contribution in [3.63, 3.8) is 0 Å². The maximum Gasteiger partial charge on any atom is 0.421 e. The van der Waals surface area contributed by atoms with E-state index in [0.29, 0.717) is 0 Å². The number of hydrogen-bond acceptors (Lipinski definition) is 5. The Labute approximate surface area is 112 Å². The molecule has 3 N–H and O–H groups in total. The van der Waals surface area contributed by atoms with Crippen LogP contribution in [0.25, 0.3) is 0 Å². The number of nitrogens with two attached hydrogens (primary N) is 1. The van der Waals surface area contributed by atoms with E-state index < -0.39 is 16.3 Å². The van der Waals surface area contributed by atoms with Crippen LogP contribution in [0.3, 0.4) is 0 Å². The second kappa shape index (κ2) is 6.30. The molecule has 0 heterocycles. The molecule has 0 bridgehead atoms. The number of carbonyl (C=O) groups excluding carboxylic acids is 1. The van der Waals surface area contributed by atoms with Crippen LogP contribution in [-0.4, -0.2) is 43.5 Å². The third-order valence-corrected chi connectivity index (χ3v) is 4.35. The summed E-state index contributed by atoms with van der Waals surface area (Å²) in [7, 11) is -2.88. The molecule has 7 nitrogen and oxygen atoms in total. The van der Waals surface area contributed by atoms with Crippen molar-refractivity contribution in [3.05, 3.63) is 0 Å². The average molecular weight is 295 g/mol. The number of hydrogen-bond donors (Lipinski definition) is 2. The smallest absolute Gasteiger partial charge is 0.421 e. The molecule has 0 radical (unpaired) electrons. The maximum atomic E-state index is 12.0. The molecule has 0 aromatic rings. The van der Waals surface area contributed by atoms with Gasteiger partial charge >= 0.3 is 16.3 Å². The molecule has 1 amide bonds. The van der Waals surface area contributed by atoms with E-state index >= 15 is 0 Å². The lowest BCUT2D eigenvalue weighted by Gasteiger charge is -2.27. The van der Waals surface area contributed by atoms with Gasteiger partial charge in [-0.15, -0.1) is 0 Å². The fraction of sp³-hybridized carbons (Fsp3) is 0.778. The standard InChI is InChI=1S/C9H17N3O4S2/c1-16-9(13)11-18(14,15)12(6-8(10)17)7-4-2-3-5-7/h7H,2-6H2,1H3,(H2,10,17)(H,11,13). The zero-order valence-corrected chi connectivity index (χ0v) is 11.7. The number of carbonyl (C=O) groups is 1. The number of ether oxygens (including phenoxy) is 1. The molecule has 1 aliphatic rings. The molecule has 0 spiro atoms. The van der Waals surface area contributed by atoms with Crippen LogP contribution in [0.2, 0.25) is 0 Å². The maximum absolute atomic E-state index is 12.0. The van der Waals surface area contributed by atoms with Gasteiger partial charge < -0.3 is 10.5 Å². The average Bonchev–Trinajstić information content (AvgIpc) is 2.77. The molecular formula is C9H17N3O4S2. The van der Waals surface area contributed by atoms with E-state index in [1.54, 1.807) is 0 Å². The Hall–Kier alpha value is -0.930. The highest BCUT2D eigenvalue weighted by Crippen LogP contribution is 2.25. The van der Waals surface area contributed by atoms with Gasteiger partial charge in [-0.1, -0.05) is 25.1 Å². The van der Waals surface area contributed by atoms with Crippen molar-refractivity contribution in [3.8, 4) is 0 Å². The van der Waals surface area contributed by atoms with Crippen LogP contribution in [0, 0.1) is 0 Å². The Morgan fingerprint density at radius 1 is 1.50 bits per heavy atom. The van der Waals surface area contributed by atoms with Crippen molar-refractivity contribution < 1.29 is 17.9 Å². The van der Waals surface area contributed by atoms with Crippen molar-refractivity contribution in [2.24, 2.45) is 5.73 Å². The minimum Gasteiger partial charge on any atom is -0.452 e. The van der Waals surface area contributed by atoms with E-state index in [1.165, 1.54) is 0 Å². The molecule has 18 heavy (non-hydrogen) atoms. The second-order valence-corrected chi connectivity index (χ2v) is 6.20. The molecule has 0 aromatic carbocycles. The van der Waals surface area contributed by atoms with Gasteiger partial charge in [-0.2, -0.15) is 12.7 Å². The largest absolute Gasteiger partial charge is 0.452 e. The zero-order chi connectivity index (χ0) is 13.8. The summed E-state index contributed by atoms with van der Waals surface area (Å²) < 4.78 is 31.3. The molecule has 0 atom stereocenters. The predicted molar refractivity (Wildman–Crippen MR) is 70.2 cm³/mol. The predicted octanol–water partition coefficient (Wildman–Crippen LogP) is 0.118. The third-order valence-electron chi connectivity index (χ3n) is 2.75. The van der Waals surface area contributed by atoms with Crippen molar-refractivity contribution >= 4 is 33.5 Å². The van der Waals surface area contributed by atoms with Crippen LogP contribution in [-0.2, 0) is 14.9 Å². The van der Waals surface area contributed by atoms with Crippen LogP contribution in [0.1, 0.15) is 25.7 Å². The monoisotopic (exact) mass is 295 g/mol. The molecule has 0 aliphatic heterocycles. The Morgan fingerprint density at radius 2 is 2.06 bits per heavy atom. The molecule has 1 aliphatic carbocycles. The summed E-state index contributed by atoms with van der Waals surface area (Å²) in [5, 5.41) is 0. The Balaban J connectivity index is 2.86. The molecule has 9 heteroatoms. The summed E-state index contributed by atoms with van der Waals surface area (Å²) >= 11 is 4.75. The van der Waals surface area contributed by atoms with Crippen LogP contribution in [0.15, 0.2) is 0 Å². The first-order chi connectivity index (χ1) is 8.36. The molecule has 1 saturated carbocycles. The highest BCUT2D eigenvalue weighted by molar-refractivity contribution is 7.87. The van der Waals surface area contributed by atoms with Crippen molar-refractivity contribution in [1.29, 1.82) is 0 Å². The highest BCUT2D eigenvalue weighted by Gasteiger charge is 2.33. The summed E-state index contributed by atoms with van der Waals surface area (Å²) in [5.41, 5.74) is 5.40. The molecule has 0 saturated heterocycles. The van der Waals surface area contributed by atoms with Gasteiger partial charge in [0.15, 0.2) is 0 Å². The molecule has 1 rings (SSSR count). The molecule has 104 valence electrons. The van der Waals surface area contributed by atoms with Crippen molar-refractivity contribution in [1.82, 2.24) is 9.03 Å². The minimum absolute atomic E-state index is 0.0668. The lowest BCUT2D eigenvalue weighted by Crippen LogP contribution is -2.50. The van der Waals surface area contributed by atoms with Gasteiger partial charge in [0.25, 0.3) is 0 Å². The van der Waals surface area contributed by atoms with Gasteiger partial charge in [0.05, 0.1) is 18.6 Å². The van der Waals surface area contributed by atoms with Gasteiger partial charge in [-0.05, 0) is 12.8 Å². The lowest BCUT2D eigenvalue weighted by molar-refractivity contribution is 0.176. The Bertz CT molecular complexity index is 418. The summed E-state index contributed by atoms with van der Waals surface area (Å²) in [5.74, 6) is 0. The zero-order valence-electron chi connectivity index (χ0n) is 10.1. The van der Waals surface area contributed by atoms with Gasteiger partial charge in [-0.25, -0.2) is 9.52 Å². The number of nitrogens with one attached hydrogen (secondary N) is 1. The normalized spacial score (nSPS) is 16.8. The van der Waals surface area contributed by atoms with Gasteiger partial charge in [0.1, 0.15) is 0 Å². The number of methoxy groups -OCH3 is 1. The van der Waals surface area contributed by atoms with Crippen LogP contribution < -0.4 is 10.5 Å². The third kappa shape index (κ3) is 4.07. The van der Waals surface area contributed by atoms with E-state index in [4.69, 9.17) is 18.0 Å². The summed E-state index contributed by atoms with van der Waals surface area (Å²) in [6.07, 6.45) is 2.36. The first kappa shape index (κ1) is 15.1. The van der Waals surface area contributed by atoms with E-state index in [-0.39, 0.29) is 17.6 Å². The number of thiocarbonyl (C=S) groups is 1.